The molecule has 0 bridgehead atoms. The summed E-state index contributed by atoms with van der Waals surface area (Å²) in [7, 11) is 2.33. The van der Waals surface area contributed by atoms with E-state index < -0.39 is 42.1 Å². The summed E-state index contributed by atoms with van der Waals surface area (Å²) in [6.45, 7) is 3.21. The lowest BCUT2D eigenvalue weighted by atomic mass is 10.2. The number of carbonyl (C=O) groups excluding carboxylic acids is 5. The number of ether oxygens (including phenoxy) is 4. The summed E-state index contributed by atoms with van der Waals surface area (Å²) in [5.74, 6) is -1.76. The Morgan fingerprint density at radius 2 is 1.14 bits per heavy atom. The molecule has 3 amide bonds. The predicted octanol–water partition coefficient (Wildman–Crippen LogP) is 3.20. The van der Waals surface area contributed by atoms with E-state index in [1.807, 2.05) is 24.3 Å². The van der Waals surface area contributed by atoms with Gasteiger partial charge in [0.15, 0.2) is 0 Å². The van der Waals surface area contributed by atoms with E-state index in [0.717, 1.165) is 21.9 Å². The van der Waals surface area contributed by atoms with Gasteiger partial charge in [0.2, 0.25) is 5.91 Å². The van der Waals surface area contributed by atoms with Crippen LogP contribution in [0.5, 0.6) is 0 Å². The molecule has 12 nitrogen and oxygen atoms in total. The van der Waals surface area contributed by atoms with Crippen molar-refractivity contribution in [3.63, 3.8) is 0 Å². The summed E-state index contributed by atoms with van der Waals surface area (Å²) in [5, 5.41) is 7.43. The number of amides is 3. The van der Waals surface area contributed by atoms with Crippen molar-refractivity contribution >= 4 is 51.6 Å². The number of carbonyl (C=O) groups is 5. The van der Waals surface area contributed by atoms with E-state index in [0.29, 0.717) is 0 Å². The number of alkyl carbamates (subject to hydrolysis) is 2. The van der Waals surface area contributed by atoms with Gasteiger partial charge in [-0.3, -0.25) is 9.59 Å². The first kappa shape index (κ1) is 34.3. The summed E-state index contributed by atoms with van der Waals surface area (Å²) in [6, 6.07) is 16.0. The average molecular weight is 622 g/mol. The van der Waals surface area contributed by atoms with Crippen LogP contribution in [0.15, 0.2) is 60.7 Å². The van der Waals surface area contributed by atoms with Gasteiger partial charge in [-0.25, -0.2) is 14.4 Å². The highest BCUT2D eigenvalue weighted by Gasteiger charge is 2.26. The molecule has 0 aromatic heterocycles. The van der Waals surface area contributed by atoms with Crippen molar-refractivity contribution in [2.24, 2.45) is 0 Å². The van der Waals surface area contributed by atoms with Crippen molar-refractivity contribution in [2.75, 3.05) is 31.3 Å². The third kappa shape index (κ3) is 14.1. The maximum Gasteiger partial charge on any atom is 0.408 e. The van der Waals surface area contributed by atoms with Crippen molar-refractivity contribution in [1.29, 1.82) is 0 Å². The van der Waals surface area contributed by atoms with Crippen LogP contribution in [-0.4, -0.2) is 73.4 Å². The van der Waals surface area contributed by atoms with Gasteiger partial charge in [-0.1, -0.05) is 82.3 Å². The fourth-order valence-electron chi connectivity index (χ4n) is 3.14. The molecular formula is C28H35N3O9S2. The second kappa shape index (κ2) is 20.0. The number of benzene rings is 2. The highest BCUT2D eigenvalue weighted by molar-refractivity contribution is 8.76. The van der Waals surface area contributed by atoms with Crippen molar-refractivity contribution in [2.45, 2.75) is 39.1 Å². The summed E-state index contributed by atoms with van der Waals surface area (Å²) in [6.07, 6.45) is -1.62. The molecule has 228 valence electrons. The molecule has 42 heavy (non-hydrogen) atoms. The molecule has 0 fully saturated rings. The highest BCUT2D eigenvalue weighted by Crippen LogP contribution is 2.23. The molecule has 0 radical (unpaired) electrons. The maximum atomic E-state index is 12.8. The molecular weight excluding hydrogens is 586 g/mol. The van der Waals surface area contributed by atoms with Gasteiger partial charge in [0.05, 0.1) is 13.2 Å². The monoisotopic (exact) mass is 621 g/mol. The van der Waals surface area contributed by atoms with Crippen LogP contribution < -0.4 is 16.0 Å². The van der Waals surface area contributed by atoms with E-state index >= 15 is 0 Å². The third-order valence-corrected chi connectivity index (χ3v) is 7.58. The van der Waals surface area contributed by atoms with Crippen LogP contribution in [0.4, 0.5) is 9.59 Å². The van der Waals surface area contributed by atoms with Crippen LogP contribution in [-0.2, 0) is 46.5 Å². The molecule has 0 spiro atoms. The second-order valence-corrected chi connectivity index (χ2v) is 10.9. The number of hydrogen-bond donors (Lipinski definition) is 3. The van der Waals surface area contributed by atoms with Gasteiger partial charge >= 0.3 is 24.1 Å². The van der Waals surface area contributed by atoms with Crippen LogP contribution in [0.1, 0.15) is 25.0 Å². The number of rotatable bonds is 17. The Balaban J connectivity index is 1.91. The Bertz CT molecular complexity index is 1140. The van der Waals surface area contributed by atoms with E-state index in [1.54, 1.807) is 50.2 Å². The minimum absolute atomic E-state index is 0.000999. The van der Waals surface area contributed by atoms with Gasteiger partial charge in [0.1, 0.15) is 31.8 Å². The first-order valence-corrected chi connectivity index (χ1v) is 15.6. The first-order valence-electron chi connectivity index (χ1n) is 13.1. The van der Waals surface area contributed by atoms with E-state index in [1.165, 1.54) is 10.8 Å². The summed E-state index contributed by atoms with van der Waals surface area (Å²) < 4.78 is 20.3. The molecule has 0 heterocycles. The lowest BCUT2D eigenvalue weighted by Crippen LogP contribution is -2.49. The van der Waals surface area contributed by atoms with Crippen molar-refractivity contribution in [3.05, 3.63) is 71.8 Å². The molecule has 0 aliphatic rings. The molecule has 0 saturated carbocycles. The third-order valence-electron chi connectivity index (χ3n) is 5.16. The molecule has 3 N–H and O–H groups in total. The Hall–Kier alpha value is -3.91. The molecule has 0 saturated heterocycles. The Labute approximate surface area is 252 Å². The number of nitrogens with one attached hydrogen (secondary N) is 3. The molecule has 0 aliphatic carbocycles. The Morgan fingerprint density at radius 3 is 1.64 bits per heavy atom. The maximum absolute atomic E-state index is 12.8. The number of hydrogen-bond acceptors (Lipinski definition) is 11. The SMILES string of the molecule is CCOC(=O)CNC(=O)[C@H](CSSC[C@@H](NC(=O)OCc1ccccc1)C(=O)OCC)NC(=O)OCc1ccccc1. The summed E-state index contributed by atoms with van der Waals surface area (Å²) >= 11 is 0. The average Bonchev–Trinajstić information content (AvgIpc) is 3.00. The van der Waals surface area contributed by atoms with Crippen molar-refractivity contribution in [3.8, 4) is 0 Å². The summed E-state index contributed by atoms with van der Waals surface area (Å²) in [4.78, 5) is 61.6. The standard InChI is InChI=1S/C28H35N3O9S2/c1-3-37-24(32)15-29-25(33)22(30-27(35)39-16-20-11-7-5-8-12-20)18-41-42-19-23(26(34)38-4-2)31-28(36)40-17-21-13-9-6-10-14-21/h5-14,22-23H,3-4,15-19H2,1-2H3,(H,29,33)(H,30,35)(H,31,36)/t22-,23+/m0/s1. The normalized spacial score (nSPS) is 11.8. The highest BCUT2D eigenvalue weighted by atomic mass is 33.1. The lowest BCUT2D eigenvalue weighted by molar-refractivity contribution is -0.145. The lowest BCUT2D eigenvalue weighted by Gasteiger charge is -2.19. The predicted molar refractivity (Wildman–Crippen MR) is 158 cm³/mol. The number of esters is 2. The second-order valence-electron chi connectivity index (χ2n) is 8.36. The van der Waals surface area contributed by atoms with Gasteiger partial charge in [-0.15, -0.1) is 0 Å². The van der Waals surface area contributed by atoms with Crippen LogP contribution in [0, 0.1) is 0 Å². The van der Waals surface area contributed by atoms with Gasteiger partial charge < -0.3 is 34.9 Å². The van der Waals surface area contributed by atoms with Crippen molar-refractivity contribution < 1.29 is 42.9 Å². The van der Waals surface area contributed by atoms with Crippen LogP contribution in [0.3, 0.4) is 0 Å². The van der Waals surface area contributed by atoms with E-state index in [2.05, 4.69) is 16.0 Å². The zero-order valence-electron chi connectivity index (χ0n) is 23.4. The van der Waals surface area contributed by atoms with E-state index in [-0.39, 0.29) is 44.5 Å². The van der Waals surface area contributed by atoms with E-state index in [9.17, 15) is 24.0 Å². The summed E-state index contributed by atoms with van der Waals surface area (Å²) in [5.41, 5.74) is 1.55. The smallest absolute Gasteiger partial charge is 0.408 e. The largest absolute Gasteiger partial charge is 0.465 e. The van der Waals surface area contributed by atoms with Crippen LogP contribution >= 0.6 is 21.6 Å². The fourth-order valence-corrected chi connectivity index (χ4v) is 5.45. The van der Waals surface area contributed by atoms with E-state index in [4.69, 9.17) is 18.9 Å². The van der Waals surface area contributed by atoms with Gasteiger partial charge in [0, 0.05) is 11.5 Å². The zero-order chi connectivity index (χ0) is 30.6. The first-order chi connectivity index (χ1) is 20.3. The molecule has 2 atom stereocenters. The molecule has 14 heteroatoms. The Morgan fingerprint density at radius 1 is 0.667 bits per heavy atom. The molecule has 0 aliphatic heterocycles. The van der Waals surface area contributed by atoms with Crippen molar-refractivity contribution in [1.82, 2.24) is 16.0 Å². The minimum atomic E-state index is -1.08. The molecule has 2 aromatic carbocycles. The van der Waals surface area contributed by atoms with Gasteiger partial charge in [0.25, 0.3) is 0 Å². The minimum Gasteiger partial charge on any atom is -0.465 e. The molecule has 2 rings (SSSR count). The van der Waals surface area contributed by atoms with Crippen LogP contribution in [0.25, 0.3) is 0 Å². The zero-order valence-corrected chi connectivity index (χ0v) is 25.0. The Kier molecular flexibility index (Phi) is 16.4. The molecule has 0 unspecified atom stereocenters. The fraction of sp³-hybridized carbons (Fsp3) is 0.393. The molecule has 2 aromatic rings. The van der Waals surface area contributed by atoms with Crippen LogP contribution in [0.2, 0.25) is 0 Å². The topological polar surface area (TPSA) is 158 Å². The van der Waals surface area contributed by atoms with Gasteiger partial charge in [-0.05, 0) is 25.0 Å². The van der Waals surface area contributed by atoms with Gasteiger partial charge in [-0.2, -0.15) is 0 Å². The quantitative estimate of drug-likeness (QED) is 0.103.